The number of halogens is 2. The Hall–Kier alpha value is -1.00. The lowest BCUT2D eigenvalue weighted by molar-refractivity contribution is 0.0825. The van der Waals surface area contributed by atoms with E-state index >= 15 is 0 Å². The van der Waals surface area contributed by atoms with Crippen LogP contribution < -0.4 is 5.73 Å². The molecule has 3 rings (SSSR count). The van der Waals surface area contributed by atoms with Crippen LogP contribution in [-0.2, 0) is 0 Å². The zero-order chi connectivity index (χ0) is 14.8. The van der Waals surface area contributed by atoms with Gasteiger partial charge in [0.15, 0.2) is 0 Å². The Kier molecular flexibility index (Phi) is 4.55. The molecule has 3 atom stereocenters. The lowest BCUT2D eigenvalue weighted by atomic mass is 9.75. The van der Waals surface area contributed by atoms with E-state index in [9.17, 15) is 8.78 Å². The average Bonchev–Trinajstić information content (AvgIpc) is 2.47. The molecule has 2 N–H and O–H groups in total. The Morgan fingerprint density at radius 3 is 2.67 bits per heavy atom. The Bertz CT molecular complexity index is 492. The molecule has 0 amide bonds. The molecule has 4 heteroatoms. The van der Waals surface area contributed by atoms with Crippen molar-refractivity contribution in [1.82, 2.24) is 4.90 Å². The molecule has 0 spiro atoms. The van der Waals surface area contributed by atoms with Crippen molar-refractivity contribution in [2.24, 2.45) is 17.6 Å². The van der Waals surface area contributed by atoms with Gasteiger partial charge in [-0.25, -0.2) is 8.78 Å². The van der Waals surface area contributed by atoms with Crippen molar-refractivity contribution in [3.8, 4) is 0 Å². The fraction of sp³-hybridized carbons (Fsp3) is 0.647. The summed E-state index contributed by atoms with van der Waals surface area (Å²) < 4.78 is 26.7. The van der Waals surface area contributed by atoms with E-state index in [2.05, 4.69) is 4.90 Å². The van der Waals surface area contributed by atoms with Crippen molar-refractivity contribution in [2.45, 2.75) is 38.1 Å². The molecule has 0 bridgehead atoms. The van der Waals surface area contributed by atoms with E-state index in [1.54, 1.807) is 0 Å². The Morgan fingerprint density at radius 2 is 1.90 bits per heavy atom. The number of likely N-dealkylation sites (tertiary alicyclic amines) is 1. The van der Waals surface area contributed by atoms with Gasteiger partial charge >= 0.3 is 0 Å². The molecule has 116 valence electrons. The highest BCUT2D eigenvalue weighted by molar-refractivity contribution is 5.22. The molecule has 2 nitrogen and oxygen atoms in total. The van der Waals surface area contributed by atoms with Crippen LogP contribution in [0.3, 0.4) is 0 Å². The van der Waals surface area contributed by atoms with Crippen LogP contribution in [0.5, 0.6) is 0 Å². The maximum absolute atomic E-state index is 13.8. The topological polar surface area (TPSA) is 29.3 Å². The monoisotopic (exact) mass is 294 g/mol. The molecule has 1 saturated carbocycles. The van der Waals surface area contributed by atoms with Crippen LogP contribution in [0.25, 0.3) is 0 Å². The fourth-order valence-electron chi connectivity index (χ4n) is 4.02. The van der Waals surface area contributed by atoms with Gasteiger partial charge in [0.25, 0.3) is 0 Å². The number of nitrogens with zero attached hydrogens (tertiary/aromatic N) is 1. The first kappa shape index (κ1) is 14.9. The third-order valence-corrected chi connectivity index (χ3v) is 5.19. The third-order valence-electron chi connectivity index (χ3n) is 5.19. The van der Waals surface area contributed by atoms with Crippen molar-refractivity contribution in [3.05, 3.63) is 35.4 Å². The second-order valence-electron chi connectivity index (χ2n) is 6.63. The lowest BCUT2D eigenvalue weighted by Gasteiger charge is -2.42. The first-order valence-corrected chi connectivity index (χ1v) is 8.06. The number of hydrogen-bond donors (Lipinski definition) is 1. The van der Waals surface area contributed by atoms with Crippen LogP contribution in [-0.4, -0.2) is 24.5 Å². The first-order chi connectivity index (χ1) is 10.1. The van der Waals surface area contributed by atoms with E-state index in [0.29, 0.717) is 12.1 Å². The zero-order valence-corrected chi connectivity index (χ0v) is 12.4. The highest BCUT2D eigenvalue weighted by Crippen LogP contribution is 2.36. The van der Waals surface area contributed by atoms with Gasteiger partial charge in [-0.1, -0.05) is 25.3 Å². The van der Waals surface area contributed by atoms with Crippen LogP contribution in [0.15, 0.2) is 18.2 Å². The van der Waals surface area contributed by atoms with Gasteiger partial charge in [-0.2, -0.15) is 0 Å². The Balaban J connectivity index is 1.61. The highest BCUT2D eigenvalue weighted by Gasteiger charge is 2.31. The van der Waals surface area contributed by atoms with Gasteiger partial charge in [0, 0.05) is 30.8 Å². The molecule has 2 aliphatic rings. The molecule has 1 saturated heterocycles. The highest BCUT2D eigenvalue weighted by atomic mass is 19.1. The van der Waals surface area contributed by atoms with Gasteiger partial charge in [-0.3, -0.25) is 0 Å². The quantitative estimate of drug-likeness (QED) is 0.925. The second-order valence-corrected chi connectivity index (χ2v) is 6.63. The molecule has 1 aliphatic carbocycles. The van der Waals surface area contributed by atoms with Gasteiger partial charge in [0.1, 0.15) is 11.6 Å². The van der Waals surface area contributed by atoms with E-state index in [-0.39, 0.29) is 6.04 Å². The van der Waals surface area contributed by atoms with Crippen LogP contribution in [0.1, 0.15) is 43.7 Å². The Labute approximate surface area is 125 Å². The van der Waals surface area contributed by atoms with Gasteiger partial charge in [0.05, 0.1) is 0 Å². The van der Waals surface area contributed by atoms with Crippen molar-refractivity contribution < 1.29 is 8.78 Å². The molecule has 1 aromatic rings. The van der Waals surface area contributed by atoms with E-state index in [1.807, 2.05) is 0 Å². The summed E-state index contributed by atoms with van der Waals surface area (Å²) in [6, 6.07) is 3.29. The number of piperidine rings is 1. The van der Waals surface area contributed by atoms with Crippen molar-refractivity contribution in [3.63, 3.8) is 0 Å². The molecule has 1 heterocycles. The van der Waals surface area contributed by atoms with Gasteiger partial charge in [0.2, 0.25) is 0 Å². The summed E-state index contributed by atoms with van der Waals surface area (Å²) in [5, 5.41) is 0. The predicted molar refractivity (Wildman–Crippen MR) is 79.8 cm³/mol. The molecule has 21 heavy (non-hydrogen) atoms. The maximum Gasteiger partial charge on any atom is 0.130 e. The van der Waals surface area contributed by atoms with Crippen LogP contribution in [0, 0.1) is 23.5 Å². The summed E-state index contributed by atoms with van der Waals surface area (Å²) in [6.07, 6.45) is 6.65. The number of fused-ring (bicyclic) bond motifs is 1. The normalized spacial score (nSPS) is 28.1. The largest absolute Gasteiger partial charge is 0.323 e. The van der Waals surface area contributed by atoms with Crippen molar-refractivity contribution in [2.75, 3.05) is 19.6 Å². The average molecular weight is 294 g/mol. The summed E-state index contributed by atoms with van der Waals surface area (Å²) in [7, 11) is 0. The van der Waals surface area contributed by atoms with Crippen LogP contribution in [0.4, 0.5) is 8.78 Å². The SMILES string of the molecule is NC(CN1CCC2CCCCC2C1)c1ccc(F)cc1F. The van der Waals surface area contributed by atoms with Crippen LogP contribution >= 0.6 is 0 Å². The van der Waals surface area contributed by atoms with E-state index in [0.717, 1.165) is 31.0 Å². The summed E-state index contributed by atoms with van der Waals surface area (Å²) in [4.78, 5) is 2.36. The molecule has 0 aromatic heterocycles. The molecule has 2 fully saturated rings. The van der Waals surface area contributed by atoms with Gasteiger partial charge in [-0.15, -0.1) is 0 Å². The number of rotatable bonds is 3. The second kappa shape index (κ2) is 6.41. The number of benzene rings is 1. The minimum absolute atomic E-state index is 0.384. The minimum Gasteiger partial charge on any atom is -0.323 e. The zero-order valence-electron chi connectivity index (χ0n) is 12.4. The molecule has 3 unspecified atom stereocenters. The molecule has 1 aliphatic heterocycles. The summed E-state index contributed by atoms with van der Waals surface area (Å²) >= 11 is 0. The summed E-state index contributed by atoms with van der Waals surface area (Å²) in [5.74, 6) is 0.591. The Morgan fingerprint density at radius 1 is 1.14 bits per heavy atom. The standard InChI is InChI=1S/C17H24F2N2/c18-14-5-6-15(16(19)9-14)17(20)11-21-8-7-12-3-1-2-4-13(12)10-21/h5-6,9,12-13,17H,1-4,7-8,10-11,20H2. The van der Waals surface area contributed by atoms with E-state index < -0.39 is 11.6 Å². The van der Waals surface area contributed by atoms with E-state index in [1.165, 1.54) is 44.2 Å². The van der Waals surface area contributed by atoms with Crippen molar-refractivity contribution >= 4 is 0 Å². The molecular weight excluding hydrogens is 270 g/mol. The summed E-state index contributed by atoms with van der Waals surface area (Å²) in [6.45, 7) is 2.80. The molecule has 1 aromatic carbocycles. The number of hydrogen-bond acceptors (Lipinski definition) is 2. The van der Waals surface area contributed by atoms with E-state index in [4.69, 9.17) is 5.73 Å². The molecular formula is C17H24F2N2. The smallest absolute Gasteiger partial charge is 0.130 e. The van der Waals surface area contributed by atoms with Crippen LogP contribution in [0.2, 0.25) is 0 Å². The summed E-state index contributed by atoms with van der Waals surface area (Å²) in [5.41, 5.74) is 6.56. The minimum atomic E-state index is -0.550. The van der Waals surface area contributed by atoms with Gasteiger partial charge < -0.3 is 10.6 Å². The fourth-order valence-corrected chi connectivity index (χ4v) is 4.02. The number of nitrogens with two attached hydrogens (primary N) is 1. The van der Waals surface area contributed by atoms with Crippen molar-refractivity contribution in [1.29, 1.82) is 0 Å². The molecule has 0 radical (unpaired) electrons. The maximum atomic E-state index is 13.8. The predicted octanol–water partition coefficient (Wildman–Crippen LogP) is 3.48. The lowest BCUT2D eigenvalue weighted by Crippen LogP contribution is -2.44. The van der Waals surface area contributed by atoms with Gasteiger partial charge in [-0.05, 0) is 37.3 Å². The first-order valence-electron chi connectivity index (χ1n) is 8.06. The third kappa shape index (κ3) is 3.43.